The van der Waals surface area contributed by atoms with Gasteiger partial charge in [0.25, 0.3) is 0 Å². The van der Waals surface area contributed by atoms with Crippen LogP contribution in [0, 0.1) is 0 Å². The number of rotatable bonds is 6. The Hall–Kier alpha value is -1.65. The lowest BCUT2D eigenvalue weighted by Crippen LogP contribution is -2.20. The SMILES string of the molecule is NC(=O)c1ccccc1CNCCc1ccsc1. The Morgan fingerprint density at radius 1 is 1.28 bits per heavy atom. The van der Waals surface area contributed by atoms with E-state index in [4.69, 9.17) is 5.73 Å². The average molecular weight is 260 g/mol. The van der Waals surface area contributed by atoms with E-state index >= 15 is 0 Å². The fourth-order valence-corrected chi connectivity index (χ4v) is 2.51. The van der Waals surface area contributed by atoms with E-state index in [9.17, 15) is 4.79 Å². The molecule has 3 N–H and O–H groups in total. The molecule has 3 nitrogen and oxygen atoms in total. The molecule has 2 rings (SSSR count). The van der Waals surface area contributed by atoms with Crippen LogP contribution in [0.4, 0.5) is 0 Å². The summed E-state index contributed by atoms with van der Waals surface area (Å²) in [7, 11) is 0. The third kappa shape index (κ3) is 3.42. The predicted molar refractivity (Wildman–Crippen MR) is 74.7 cm³/mol. The fraction of sp³-hybridized carbons (Fsp3) is 0.214. The summed E-state index contributed by atoms with van der Waals surface area (Å²) in [5, 5.41) is 7.56. The van der Waals surface area contributed by atoms with Gasteiger partial charge in [-0.15, -0.1) is 0 Å². The average Bonchev–Trinajstić information content (AvgIpc) is 2.88. The number of nitrogens with one attached hydrogen (secondary N) is 1. The standard InChI is InChI=1S/C14H16N2OS/c15-14(17)13-4-2-1-3-12(13)9-16-7-5-11-6-8-18-10-11/h1-4,6,8,10,16H,5,7,9H2,(H2,15,17). The first-order chi connectivity index (χ1) is 8.77. The summed E-state index contributed by atoms with van der Waals surface area (Å²) in [5.74, 6) is -0.370. The molecule has 1 aromatic carbocycles. The number of carbonyl (C=O) groups is 1. The lowest BCUT2D eigenvalue weighted by molar-refractivity contribution is 0.0999. The first-order valence-electron chi connectivity index (χ1n) is 5.87. The largest absolute Gasteiger partial charge is 0.366 e. The summed E-state index contributed by atoms with van der Waals surface area (Å²) in [6, 6.07) is 9.57. The van der Waals surface area contributed by atoms with Crippen LogP contribution in [0.5, 0.6) is 0 Å². The molecule has 0 saturated heterocycles. The molecule has 0 saturated carbocycles. The van der Waals surface area contributed by atoms with Crippen molar-refractivity contribution in [1.82, 2.24) is 5.32 Å². The van der Waals surface area contributed by atoms with E-state index in [2.05, 4.69) is 22.1 Å². The summed E-state index contributed by atoms with van der Waals surface area (Å²) in [4.78, 5) is 11.2. The molecule has 0 fully saturated rings. The minimum atomic E-state index is -0.370. The van der Waals surface area contributed by atoms with Crippen molar-refractivity contribution in [3.63, 3.8) is 0 Å². The smallest absolute Gasteiger partial charge is 0.249 e. The Labute approximate surface area is 111 Å². The number of amides is 1. The second kappa shape index (κ2) is 6.33. The Kier molecular flexibility index (Phi) is 4.50. The van der Waals surface area contributed by atoms with Gasteiger partial charge in [-0.2, -0.15) is 11.3 Å². The van der Waals surface area contributed by atoms with Gasteiger partial charge in [0.1, 0.15) is 0 Å². The van der Waals surface area contributed by atoms with Gasteiger partial charge in [-0.3, -0.25) is 4.79 Å². The first kappa shape index (κ1) is 12.8. The number of nitrogens with two attached hydrogens (primary N) is 1. The maximum Gasteiger partial charge on any atom is 0.249 e. The zero-order chi connectivity index (χ0) is 12.8. The molecular formula is C14H16N2OS. The van der Waals surface area contributed by atoms with Crippen LogP contribution in [-0.2, 0) is 13.0 Å². The van der Waals surface area contributed by atoms with Gasteiger partial charge in [0.2, 0.25) is 5.91 Å². The monoisotopic (exact) mass is 260 g/mol. The number of hydrogen-bond acceptors (Lipinski definition) is 3. The molecule has 1 aromatic heterocycles. The Morgan fingerprint density at radius 2 is 2.11 bits per heavy atom. The van der Waals surface area contributed by atoms with Crippen LogP contribution < -0.4 is 11.1 Å². The van der Waals surface area contributed by atoms with Gasteiger partial charge in [-0.05, 0) is 47.0 Å². The van der Waals surface area contributed by atoms with Gasteiger partial charge in [-0.1, -0.05) is 18.2 Å². The van der Waals surface area contributed by atoms with E-state index in [-0.39, 0.29) is 5.91 Å². The third-order valence-corrected chi connectivity index (χ3v) is 3.50. The van der Waals surface area contributed by atoms with Gasteiger partial charge >= 0.3 is 0 Å². The van der Waals surface area contributed by atoms with Crippen molar-refractivity contribution >= 4 is 17.2 Å². The van der Waals surface area contributed by atoms with E-state index in [1.165, 1.54) is 5.56 Å². The zero-order valence-electron chi connectivity index (χ0n) is 10.1. The molecule has 18 heavy (non-hydrogen) atoms. The molecule has 0 spiro atoms. The molecule has 1 amide bonds. The maximum absolute atomic E-state index is 11.2. The summed E-state index contributed by atoms with van der Waals surface area (Å²) in [6.07, 6.45) is 1.00. The van der Waals surface area contributed by atoms with Crippen LogP contribution in [0.1, 0.15) is 21.5 Å². The molecule has 4 heteroatoms. The number of primary amides is 1. The number of hydrogen-bond donors (Lipinski definition) is 2. The van der Waals surface area contributed by atoms with Crippen molar-refractivity contribution in [2.24, 2.45) is 5.73 Å². The van der Waals surface area contributed by atoms with Crippen molar-refractivity contribution < 1.29 is 4.79 Å². The molecule has 0 aliphatic rings. The van der Waals surface area contributed by atoms with Crippen LogP contribution in [0.25, 0.3) is 0 Å². The van der Waals surface area contributed by atoms with Gasteiger partial charge in [0, 0.05) is 12.1 Å². The molecule has 0 radical (unpaired) electrons. The third-order valence-electron chi connectivity index (χ3n) is 2.77. The summed E-state index contributed by atoms with van der Waals surface area (Å²) in [5.41, 5.74) is 8.23. The van der Waals surface area contributed by atoms with Crippen LogP contribution >= 0.6 is 11.3 Å². The van der Waals surface area contributed by atoms with E-state index in [1.807, 2.05) is 18.2 Å². The van der Waals surface area contributed by atoms with Gasteiger partial charge in [0.05, 0.1) is 0 Å². The van der Waals surface area contributed by atoms with Crippen LogP contribution in [0.2, 0.25) is 0 Å². The Bertz CT molecular complexity index is 508. The van der Waals surface area contributed by atoms with Crippen LogP contribution in [0.15, 0.2) is 41.1 Å². The lowest BCUT2D eigenvalue weighted by Gasteiger charge is -2.07. The molecule has 0 atom stereocenters. The highest BCUT2D eigenvalue weighted by molar-refractivity contribution is 7.07. The van der Waals surface area contributed by atoms with E-state index in [1.54, 1.807) is 17.4 Å². The minimum Gasteiger partial charge on any atom is -0.366 e. The topological polar surface area (TPSA) is 55.1 Å². The van der Waals surface area contributed by atoms with Crippen molar-refractivity contribution in [2.75, 3.05) is 6.54 Å². The first-order valence-corrected chi connectivity index (χ1v) is 6.81. The van der Waals surface area contributed by atoms with E-state index in [0.717, 1.165) is 18.5 Å². The Morgan fingerprint density at radius 3 is 2.83 bits per heavy atom. The minimum absolute atomic E-state index is 0.370. The molecule has 0 aliphatic carbocycles. The second-order valence-corrected chi connectivity index (χ2v) is 4.86. The van der Waals surface area contributed by atoms with Gasteiger partial charge < -0.3 is 11.1 Å². The van der Waals surface area contributed by atoms with E-state index < -0.39 is 0 Å². The summed E-state index contributed by atoms with van der Waals surface area (Å²) >= 11 is 1.71. The molecule has 0 bridgehead atoms. The normalized spacial score (nSPS) is 10.4. The number of carbonyl (C=O) groups excluding carboxylic acids is 1. The highest BCUT2D eigenvalue weighted by Crippen LogP contribution is 2.08. The zero-order valence-corrected chi connectivity index (χ0v) is 10.9. The molecule has 1 heterocycles. The molecule has 0 unspecified atom stereocenters. The fourth-order valence-electron chi connectivity index (χ4n) is 1.81. The second-order valence-electron chi connectivity index (χ2n) is 4.08. The maximum atomic E-state index is 11.2. The summed E-state index contributed by atoms with van der Waals surface area (Å²) in [6.45, 7) is 1.56. The molecule has 94 valence electrons. The van der Waals surface area contributed by atoms with Crippen molar-refractivity contribution in [3.8, 4) is 0 Å². The van der Waals surface area contributed by atoms with Crippen molar-refractivity contribution in [1.29, 1.82) is 0 Å². The quantitative estimate of drug-likeness (QED) is 0.782. The molecule has 0 aliphatic heterocycles. The molecular weight excluding hydrogens is 244 g/mol. The predicted octanol–water partition coefficient (Wildman–Crippen LogP) is 2.18. The van der Waals surface area contributed by atoms with Crippen LogP contribution in [-0.4, -0.2) is 12.5 Å². The van der Waals surface area contributed by atoms with E-state index in [0.29, 0.717) is 12.1 Å². The number of benzene rings is 1. The van der Waals surface area contributed by atoms with Crippen molar-refractivity contribution in [2.45, 2.75) is 13.0 Å². The molecule has 2 aromatic rings. The number of thiophene rings is 1. The van der Waals surface area contributed by atoms with Gasteiger partial charge in [0.15, 0.2) is 0 Å². The Balaban J connectivity index is 1.85. The highest BCUT2D eigenvalue weighted by atomic mass is 32.1. The van der Waals surface area contributed by atoms with Crippen molar-refractivity contribution in [3.05, 3.63) is 57.8 Å². The highest BCUT2D eigenvalue weighted by Gasteiger charge is 2.05. The van der Waals surface area contributed by atoms with Gasteiger partial charge in [-0.25, -0.2) is 0 Å². The van der Waals surface area contributed by atoms with Crippen LogP contribution in [0.3, 0.4) is 0 Å². The lowest BCUT2D eigenvalue weighted by atomic mass is 10.1. The summed E-state index contributed by atoms with van der Waals surface area (Å²) < 4.78 is 0.